The van der Waals surface area contributed by atoms with Gasteiger partial charge in [0, 0.05) is 11.3 Å². The SMILES string of the molecule is COc1ccc(C(=O)Nc2ccc(C#N)cc2)cc1I. The summed E-state index contributed by atoms with van der Waals surface area (Å²) in [6.45, 7) is 0. The molecule has 100 valence electrons. The quantitative estimate of drug-likeness (QED) is 0.833. The third-order valence-corrected chi connectivity index (χ3v) is 3.53. The van der Waals surface area contributed by atoms with Gasteiger partial charge >= 0.3 is 0 Å². The average Bonchev–Trinajstić information content (AvgIpc) is 2.48. The molecular formula is C15H11IN2O2. The first-order chi connectivity index (χ1) is 9.63. The minimum Gasteiger partial charge on any atom is -0.496 e. The molecule has 2 aromatic rings. The van der Waals surface area contributed by atoms with Gasteiger partial charge in [-0.2, -0.15) is 5.26 Å². The number of hydrogen-bond acceptors (Lipinski definition) is 3. The number of carbonyl (C=O) groups excluding carboxylic acids is 1. The Morgan fingerprint density at radius 3 is 2.50 bits per heavy atom. The van der Waals surface area contributed by atoms with E-state index in [2.05, 4.69) is 27.9 Å². The van der Waals surface area contributed by atoms with E-state index in [0.29, 0.717) is 16.8 Å². The Balaban J connectivity index is 2.15. The zero-order valence-corrected chi connectivity index (χ0v) is 12.8. The average molecular weight is 378 g/mol. The van der Waals surface area contributed by atoms with Crippen LogP contribution < -0.4 is 10.1 Å². The van der Waals surface area contributed by atoms with Crippen molar-refractivity contribution in [3.05, 3.63) is 57.2 Å². The molecule has 20 heavy (non-hydrogen) atoms. The second-order valence-corrected chi connectivity index (χ2v) is 5.15. The highest BCUT2D eigenvalue weighted by molar-refractivity contribution is 14.1. The van der Waals surface area contributed by atoms with Crippen LogP contribution in [0.5, 0.6) is 5.75 Å². The Hall–Kier alpha value is -2.07. The van der Waals surface area contributed by atoms with Gasteiger partial charge in [-0.25, -0.2) is 0 Å². The number of nitrogens with one attached hydrogen (secondary N) is 1. The van der Waals surface area contributed by atoms with Crippen molar-refractivity contribution in [3.63, 3.8) is 0 Å². The summed E-state index contributed by atoms with van der Waals surface area (Å²) in [6.07, 6.45) is 0. The van der Waals surface area contributed by atoms with E-state index in [9.17, 15) is 4.79 Å². The molecule has 0 fully saturated rings. The van der Waals surface area contributed by atoms with Crippen LogP contribution in [0.4, 0.5) is 5.69 Å². The van der Waals surface area contributed by atoms with Crippen molar-refractivity contribution in [1.29, 1.82) is 5.26 Å². The van der Waals surface area contributed by atoms with Crippen molar-refractivity contribution in [3.8, 4) is 11.8 Å². The van der Waals surface area contributed by atoms with Crippen molar-refractivity contribution in [1.82, 2.24) is 0 Å². The predicted molar refractivity (Wildman–Crippen MR) is 84.8 cm³/mol. The molecule has 0 unspecified atom stereocenters. The smallest absolute Gasteiger partial charge is 0.255 e. The summed E-state index contributed by atoms with van der Waals surface area (Å²) in [5.41, 5.74) is 1.77. The maximum absolute atomic E-state index is 12.1. The molecular weight excluding hydrogens is 367 g/mol. The van der Waals surface area contributed by atoms with E-state index >= 15 is 0 Å². The fraction of sp³-hybridized carbons (Fsp3) is 0.0667. The summed E-state index contributed by atoms with van der Waals surface area (Å²) in [6, 6.07) is 14.0. The zero-order chi connectivity index (χ0) is 14.5. The van der Waals surface area contributed by atoms with Crippen LogP contribution in [-0.4, -0.2) is 13.0 Å². The first kappa shape index (κ1) is 14.3. The number of rotatable bonds is 3. The van der Waals surface area contributed by atoms with Crippen LogP contribution in [0.15, 0.2) is 42.5 Å². The van der Waals surface area contributed by atoms with Crippen molar-refractivity contribution in [2.45, 2.75) is 0 Å². The van der Waals surface area contributed by atoms with Crippen LogP contribution in [0.1, 0.15) is 15.9 Å². The zero-order valence-electron chi connectivity index (χ0n) is 10.7. The van der Waals surface area contributed by atoms with E-state index in [1.165, 1.54) is 0 Å². The Morgan fingerprint density at radius 1 is 1.25 bits per heavy atom. The van der Waals surface area contributed by atoms with E-state index in [0.717, 1.165) is 9.32 Å². The van der Waals surface area contributed by atoms with Gasteiger partial charge in [0.2, 0.25) is 0 Å². The van der Waals surface area contributed by atoms with Crippen LogP contribution in [0.2, 0.25) is 0 Å². The number of ether oxygens (including phenoxy) is 1. The summed E-state index contributed by atoms with van der Waals surface area (Å²) >= 11 is 2.12. The largest absolute Gasteiger partial charge is 0.496 e. The van der Waals surface area contributed by atoms with Gasteiger partial charge in [0.1, 0.15) is 5.75 Å². The lowest BCUT2D eigenvalue weighted by atomic mass is 10.2. The lowest BCUT2D eigenvalue weighted by Crippen LogP contribution is -2.12. The van der Waals surface area contributed by atoms with Crippen LogP contribution in [-0.2, 0) is 0 Å². The summed E-state index contributed by atoms with van der Waals surface area (Å²) < 4.78 is 6.03. The third kappa shape index (κ3) is 3.27. The van der Waals surface area contributed by atoms with Gasteiger partial charge in [0.25, 0.3) is 5.91 Å². The molecule has 5 heteroatoms. The molecule has 0 aromatic heterocycles. The highest BCUT2D eigenvalue weighted by atomic mass is 127. The fourth-order valence-electron chi connectivity index (χ4n) is 1.64. The van der Waals surface area contributed by atoms with Gasteiger partial charge in [-0.1, -0.05) is 0 Å². The van der Waals surface area contributed by atoms with Crippen molar-refractivity contribution < 1.29 is 9.53 Å². The number of methoxy groups -OCH3 is 1. The molecule has 4 nitrogen and oxygen atoms in total. The van der Waals surface area contributed by atoms with Gasteiger partial charge in [0.05, 0.1) is 22.3 Å². The van der Waals surface area contributed by atoms with Crippen molar-refractivity contribution in [2.24, 2.45) is 0 Å². The number of nitrogens with zero attached hydrogens (tertiary/aromatic N) is 1. The van der Waals surface area contributed by atoms with Gasteiger partial charge < -0.3 is 10.1 Å². The van der Waals surface area contributed by atoms with Gasteiger partial charge in [-0.05, 0) is 65.1 Å². The lowest BCUT2D eigenvalue weighted by molar-refractivity contribution is 0.102. The number of hydrogen-bond donors (Lipinski definition) is 1. The molecule has 1 N–H and O–H groups in total. The molecule has 2 aromatic carbocycles. The predicted octanol–water partition coefficient (Wildman–Crippen LogP) is 3.42. The van der Waals surface area contributed by atoms with E-state index in [1.54, 1.807) is 49.6 Å². The van der Waals surface area contributed by atoms with Crippen molar-refractivity contribution in [2.75, 3.05) is 12.4 Å². The monoisotopic (exact) mass is 378 g/mol. The number of halogens is 1. The molecule has 0 bridgehead atoms. The van der Waals surface area contributed by atoms with E-state index in [-0.39, 0.29) is 5.91 Å². The van der Waals surface area contributed by atoms with Crippen LogP contribution in [0.3, 0.4) is 0 Å². The summed E-state index contributed by atoms with van der Waals surface area (Å²) in [5, 5.41) is 11.5. The normalized spacial score (nSPS) is 9.65. The number of benzene rings is 2. The third-order valence-electron chi connectivity index (χ3n) is 2.69. The molecule has 0 radical (unpaired) electrons. The standard InChI is InChI=1S/C15H11IN2O2/c1-20-14-7-4-11(8-13(14)16)15(19)18-12-5-2-10(9-17)3-6-12/h2-8H,1H3,(H,18,19). The van der Waals surface area contributed by atoms with Gasteiger partial charge in [-0.15, -0.1) is 0 Å². The summed E-state index contributed by atoms with van der Waals surface area (Å²) in [7, 11) is 1.59. The highest BCUT2D eigenvalue weighted by Crippen LogP contribution is 2.22. The van der Waals surface area contributed by atoms with Crippen LogP contribution in [0, 0.1) is 14.9 Å². The molecule has 0 saturated heterocycles. The Morgan fingerprint density at radius 2 is 1.95 bits per heavy atom. The molecule has 0 atom stereocenters. The van der Waals surface area contributed by atoms with Gasteiger partial charge in [0.15, 0.2) is 0 Å². The maximum Gasteiger partial charge on any atom is 0.255 e. The molecule has 0 spiro atoms. The number of anilines is 1. The highest BCUT2D eigenvalue weighted by Gasteiger charge is 2.09. The van der Waals surface area contributed by atoms with Gasteiger partial charge in [-0.3, -0.25) is 4.79 Å². The molecule has 1 amide bonds. The number of amides is 1. The molecule has 0 aliphatic heterocycles. The Kier molecular flexibility index (Phi) is 4.58. The summed E-state index contributed by atoms with van der Waals surface area (Å²) in [4.78, 5) is 12.1. The minimum absolute atomic E-state index is 0.199. The fourth-order valence-corrected chi connectivity index (χ4v) is 2.37. The molecule has 0 aliphatic rings. The number of nitriles is 1. The van der Waals surface area contributed by atoms with Crippen LogP contribution >= 0.6 is 22.6 Å². The molecule has 0 aliphatic carbocycles. The van der Waals surface area contributed by atoms with Crippen LogP contribution in [0.25, 0.3) is 0 Å². The van der Waals surface area contributed by atoms with E-state index < -0.39 is 0 Å². The molecule has 2 rings (SSSR count). The minimum atomic E-state index is -0.199. The van der Waals surface area contributed by atoms with E-state index in [4.69, 9.17) is 10.00 Å². The second-order valence-electron chi connectivity index (χ2n) is 3.99. The van der Waals surface area contributed by atoms with Crippen molar-refractivity contribution >= 4 is 34.2 Å². The lowest BCUT2D eigenvalue weighted by Gasteiger charge is -2.07. The topological polar surface area (TPSA) is 62.1 Å². The summed E-state index contributed by atoms with van der Waals surface area (Å²) in [5.74, 6) is 0.538. The first-order valence-corrected chi connectivity index (χ1v) is 6.87. The molecule has 0 saturated carbocycles. The first-order valence-electron chi connectivity index (χ1n) is 5.79. The number of carbonyl (C=O) groups is 1. The Bertz CT molecular complexity index is 675. The maximum atomic E-state index is 12.1. The van der Waals surface area contributed by atoms with E-state index in [1.807, 2.05) is 6.07 Å². The Labute approximate surface area is 130 Å². The second kappa shape index (κ2) is 6.39. The molecule has 0 heterocycles.